The number of nitrogens with zero attached hydrogens (tertiary/aromatic N) is 2. The summed E-state index contributed by atoms with van der Waals surface area (Å²) < 4.78 is 0. The lowest BCUT2D eigenvalue weighted by Crippen LogP contribution is -2.39. The van der Waals surface area contributed by atoms with Gasteiger partial charge in [0.15, 0.2) is 0 Å². The lowest BCUT2D eigenvalue weighted by Gasteiger charge is -2.22. The molecule has 0 fully saturated rings. The minimum atomic E-state index is -0.585. The Morgan fingerprint density at radius 3 is 2.20 bits per heavy atom. The summed E-state index contributed by atoms with van der Waals surface area (Å²) in [5.74, 6) is -0.706. The molecule has 0 saturated heterocycles. The van der Waals surface area contributed by atoms with Gasteiger partial charge in [-0.05, 0) is 13.8 Å². The third-order valence-electron chi connectivity index (χ3n) is 2.64. The first kappa shape index (κ1) is 17.8. The lowest BCUT2D eigenvalue weighted by molar-refractivity contribution is -0.138. The molecular formula is C15H22N2O3. The van der Waals surface area contributed by atoms with Crippen LogP contribution in [0.25, 0.3) is 0 Å². The topological polar surface area (TPSA) is 57.7 Å². The Morgan fingerprint density at radius 2 is 1.65 bits per heavy atom. The monoisotopic (exact) mass is 278 g/mol. The van der Waals surface area contributed by atoms with E-state index in [9.17, 15) is 14.4 Å². The van der Waals surface area contributed by atoms with Gasteiger partial charge in [0.05, 0.1) is 0 Å². The van der Waals surface area contributed by atoms with E-state index in [1.54, 1.807) is 17.1 Å². The van der Waals surface area contributed by atoms with Crippen LogP contribution in [0, 0.1) is 0 Å². The van der Waals surface area contributed by atoms with Crippen molar-refractivity contribution in [2.75, 3.05) is 26.7 Å². The summed E-state index contributed by atoms with van der Waals surface area (Å²) in [5, 5.41) is 0. The number of aldehydes is 1. The van der Waals surface area contributed by atoms with E-state index >= 15 is 0 Å². The molecule has 0 unspecified atom stereocenters. The highest BCUT2D eigenvalue weighted by atomic mass is 16.2. The summed E-state index contributed by atoms with van der Waals surface area (Å²) >= 11 is 0. The molecule has 0 bridgehead atoms. The van der Waals surface area contributed by atoms with Crippen LogP contribution in [-0.4, -0.2) is 54.6 Å². The van der Waals surface area contributed by atoms with Crippen molar-refractivity contribution >= 4 is 18.1 Å². The van der Waals surface area contributed by atoms with Crippen molar-refractivity contribution in [3.8, 4) is 0 Å². The van der Waals surface area contributed by atoms with Crippen LogP contribution in [-0.2, 0) is 14.4 Å². The third kappa shape index (κ3) is 7.31. The van der Waals surface area contributed by atoms with Crippen LogP contribution >= 0.6 is 0 Å². The Kier molecular flexibility index (Phi) is 9.56. The molecule has 0 aliphatic rings. The van der Waals surface area contributed by atoms with Gasteiger partial charge in [-0.3, -0.25) is 14.4 Å². The van der Waals surface area contributed by atoms with E-state index < -0.39 is 5.91 Å². The largest absolute Gasteiger partial charge is 0.338 e. The number of amides is 2. The van der Waals surface area contributed by atoms with Gasteiger partial charge in [-0.15, -0.1) is 0 Å². The molecule has 0 saturated carbocycles. The Balaban J connectivity index is 4.34. The highest BCUT2D eigenvalue weighted by molar-refractivity contribution is 6.23. The second-order valence-corrected chi connectivity index (χ2v) is 4.07. The van der Waals surface area contributed by atoms with E-state index in [2.05, 4.69) is 0 Å². The van der Waals surface area contributed by atoms with Crippen molar-refractivity contribution in [1.29, 1.82) is 0 Å². The smallest absolute Gasteiger partial charge is 0.286 e. The number of carbonyl (C=O) groups is 3. The number of rotatable bonds is 8. The Hall–Kier alpha value is -2.17. The van der Waals surface area contributed by atoms with E-state index in [1.165, 1.54) is 18.0 Å². The van der Waals surface area contributed by atoms with Crippen LogP contribution in [0.1, 0.15) is 13.8 Å². The van der Waals surface area contributed by atoms with Gasteiger partial charge in [0.2, 0.25) is 12.2 Å². The molecule has 2 amide bonds. The molecular weight excluding hydrogens is 256 g/mol. The molecule has 0 aliphatic heterocycles. The summed E-state index contributed by atoms with van der Waals surface area (Å²) in [6.07, 6.45) is 10.8. The van der Waals surface area contributed by atoms with Gasteiger partial charge in [0, 0.05) is 32.8 Å². The van der Waals surface area contributed by atoms with Crippen LogP contribution in [0.15, 0.2) is 36.5 Å². The van der Waals surface area contributed by atoms with Gasteiger partial charge in [-0.25, -0.2) is 0 Å². The zero-order chi connectivity index (χ0) is 15.4. The molecule has 0 aliphatic carbocycles. The second-order valence-electron chi connectivity index (χ2n) is 4.07. The van der Waals surface area contributed by atoms with Crippen molar-refractivity contribution in [2.24, 2.45) is 0 Å². The highest BCUT2D eigenvalue weighted by Gasteiger charge is 2.11. The van der Waals surface area contributed by atoms with Gasteiger partial charge in [-0.2, -0.15) is 0 Å². The number of hydrogen-bond acceptors (Lipinski definition) is 3. The highest BCUT2D eigenvalue weighted by Crippen LogP contribution is 1.94. The zero-order valence-corrected chi connectivity index (χ0v) is 12.3. The van der Waals surface area contributed by atoms with Gasteiger partial charge >= 0.3 is 0 Å². The number of carbonyl (C=O) groups excluding carboxylic acids is 3. The van der Waals surface area contributed by atoms with Crippen LogP contribution in [0.4, 0.5) is 0 Å². The summed E-state index contributed by atoms with van der Waals surface area (Å²) in [5.41, 5.74) is 0. The average Bonchev–Trinajstić information content (AvgIpc) is 2.46. The molecule has 0 aromatic rings. The molecule has 0 radical (unpaired) electrons. The molecule has 20 heavy (non-hydrogen) atoms. The quantitative estimate of drug-likeness (QED) is 0.290. The van der Waals surface area contributed by atoms with Crippen LogP contribution in [0.2, 0.25) is 0 Å². The molecule has 0 atom stereocenters. The molecule has 5 heteroatoms. The summed E-state index contributed by atoms with van der Waals surface area (Å²) in [4.78, 5) is 36.2. The molecule has 0 aromatic heterocycles. The maximum absolute atomic E-state index is 11.9. The van der Waals surface area contributed by atoms with Gasteiger partial charge in [0.25, 0.3) is 5.91 Å². The molecule has 5 nitrogen and oxygen atoms in total. The Morgan fingerprint density at radius 1 is 1.00 bits per heavy atom. The maximum Gasteiger partial charge on any atom is 0.286 e. The molecule has 0 aromatic carbocycles. The van der Waals surface area contributed by atoms with Crippen LogP contribution in [0.5, 0.6) is 0 Å². The van der Waals surface area contributed by atoms with E-state index in [4.69, 9.17) is 0 Å². The Bertz CT molecular complexity index is 411. The molecule has 0 rings (SSSR count). The predicted octanol–water partition coefficient (Wildman–Crippen LogP) is 1.18. The number of likely N-dealkylation sites (N-methyl/N-ethyl adjacent to an activating group) is 2. The Labute approximate surface area is 120 Å². The van der Waals surface area contributed by atoms with E-state index in [1.807, 2.05) is 32.1 Å². The minimum Gasteiger partial charge on any atom is -0.338 e. The van der Waals surface area contributed by atoms with E-state index in [0.717, 1.165) is 0 Å². The summed E-state index contributed by atoms with van der Waals surface area (Å²) in [7, 11) is 1.53. The van der Waals surface area contributed by atoms with Crippen LogP contribution < -0.4 is 0 Å². The first-order valence-electron chi connectivity index (χ1n) is 6.52. The first-order valence-corrected chi connectivity index (χ1v) is 6.52. The van der Waals surface area contributed by atoms with Gasteiger partial charge in [0.1, 0.15) is 0 Å². The van der Waals surface area contributed by atoms with Crippen molar-refractivity contribution in [1.82, 2.24) is 9.80 Å². The predicted molar refractivity (Wildman–Crippen MR) is 79.0 cm³/mol. The number of hydrogen-bond donors (Lipinski definition) is 0. The van der Waals surface area contributed by atoms with Gasteiger partial charge < -0.3 is 9.80 Å². The standard InChI is InChI=1S/C15H22N2O3/c1-4-6-7-8-9-10-14(19)17(5-2)12-11-16(3)15(20)13-18/h4,6-10,13H,5,11-12H2,1-3H3/b6-4-,8-7-,10-9+. The van der Waals surface area contributed by atoms with E-state index in [-0.39, 0.29) is 12.2 Å². The maximum atomic E-state index is 11.9. The fourth-order valence-electron chi connectivity index (χ4n) is 1.38. The molecule has 0 N–H and O–H groups in total. The zero-order valence-electron chi connectivity index (χ0n) is 12.3. The summed E-state index contributed by atoms with van der Waals surface area (Å²) in [6, 6.07) is 0. The van der Waals surface area contributed by atoms with Crippen molar-refractivity contribution in [2.45, 2.75) is 13.8 Å². The molecule has 0 spiro atoms. The first-order chi connectivity index (χ1) is 9.56. The molecule has 110 valence electrons. The van der Waals surface area contributed by atoms with Crippen molar-refractivity contribution < 1.29 is 14.4 Å². The van der Waals surface area contributed by atoms with Crippen molar-refractivity contribution in [3.63, 3.8) is 0 Å². The second kappa shape index (κ2) is 10.7. The minimum absolute atomic E-state index is 0.121. The average molecular weight is 278 g/mol. The van der Waals surface area contributed by atoms with Crippen LogP contribution in [0.3, 0.4) is 0 Å². The SMILES string of the molecule is C\C=C/C=C\C=C\C(=O)N(CC)CCN(C)C(=O)C=O. The third-order valence-corrected chi connectivity index (χ3v) is 2.64. The fraction of sp³-hybridized carbons (Fsp3) is 0.400. The van der Waals surface area contributed by atoms with Gasteiger partial charge in [-0.1, -0.05) is 30.4 Å². The van der Waals surface area contributed by atoms with Crippen molar-refractivity contribution in [3.05, 3.63) is 36.5 Å². The number of allylic oxidation sites excluding steroid dienone is 5. The normalized spacial score (nSPS) is 11.3. The summed E-state index contributed by atoms with van der Waals surface area (Å²) in [6.45, 7) is 5.05. The lowest BCUT2D eigenvalue weighted by atomic mass is 10.3. The fourth-order valence-corrected chi connectivity index (χ4v) is 1.38. The van der Waals surface area contributed by atoms with E-state index in [0.29, 0.717) is 19.6 Å². The molecule has 0 heterocycles.